The minimum atomic E-state index is -0.0982. The lowest BCUT2D eigenvalue weighted by Gasteiger charge is -2.19. The van der Waals surface area contributed by atoms with Crippen molar-refractivity contribution < 1.29 is 9.53 Å². The van der Waals surface area contributed by atoms with E-state index in [0.717, 1.165) is 18.8 Å². The minimum Gasteiger partial charge on any atom is -0.478 e. The molecule has 1 amide bonds. The molecule has 2 aliphatic rings. The van der Waals surface area contributed by atoms with Crippen LogP contribution in [0.5, 0.6) is 5.88 Å². The van der Waals surface area contributed by atoms with Crippen LogP contribution in [0.15, 0.2) is 36.0 Å². The van der Waals surface area contributed by atoms with Gasteiger partial charge in [-0.05, 0) is 29.7 Å². The maximum absolute atomic E-state index is 13.5. The van der Waals surface area contributed by atoms with Crippen molar-refractivity contribution >= 4 is 22.9 Å². The van der Waals surface area contributed by atoms with Crippen LogP contribution < -0.4 is 15.7 Å². The molecule has 1 aliphatic carbocycles. The SMILES string of the molecule is C=CC(=O)N1CC2C(C1)C2Cn1cc(Nc2cn(C)nc2OC)c2ncc(C(C)C)n2c1=O. The molecule has 0 spiro atoms. The lowest BCUT2D eigenvalue weighted by Crippen LogP contribution is -2.33. The van der Waals surface area contributed by atoms with Gasteiger partial charge in [-0.15, -0.1) is 5.10 Å². The molecular formula is C23H29N7O3. The summed E-state index contributed by atoms with van der Waals surface area (Å²) in [6, 6.07) is 0. The maximum Gasteiger partial charge on any atom is 0.334 e. The van der Waals surface area contributed by atoms with Crippen LogP contribution in [-0.4, -0.2) is 54.7 Å². The Labute approximate surface area is 191 Å². The molecule has 0 bridgehead atoms. The second kappa shape index (κ2) is 7.79. The number of carbonyl (C=O) groups is 1. The summed E-state index contributed by atoms with van der Waals surface area (Å²) in [5.41, 5.74) is 2.75. The first-order chi connectivity index (χ1) is 15.8. The van der Waals surface area contributed by atoms with Crippen LogP contribution in [0.4, 0.5) is 11.4 Å². The van der Waals surface area contributed by atoms with Gasteiger partial charge in [0.1, 0.15) is 5.69 Å². The summed E-state index contributed by atoms with van der Waals surface area (Å²) in [5, 5.41) is 7.67. The van der Waals surface area contributed by atoms with Crippen LogP contribution in [0.2, 0.25) is 0 Å². The Morgan fingerprint density at radius 1 is 1.30 bits per heavy atom. The lowest BCUT2D eigenvalue weighted by atomic mass is 10.1. The van der Waals surface area contributed by atoms with Gasteiger partial charge in [-0.3, -0.25) is 14.0 Å². The van der Waals surface area contributed by atoms with E-state index in [0.29, 0.717) is 47.2 Å². The van der Waals surface area contributed by atoms with Gasteiger partial charge in [0.25, 0.3) is 5.88 Å². The molecule has 3 aromatic heterocycles. The summed E-state index contributed by atoms with van der Waals surface area (Å²) < 4.78 is 10.5. The second-order valence-electron chi connectivity index (χ2n) is 9.26. The molecule has 1 aliphatic heterocycles. The summed E-state index contributed by atoms with van der Waals surface area (Å²) >= 11 is 0. The Kier molecular flexibility index (Phi) is 5.02. The molecule has 1 N–H and O–H groups in total. The summed E-state index contributed by atoms with van der Waals surface area (Å²) in [7, 11) is 3.39. The molecular weight excluding hydrogens is 422 g/mol. The molecule has 2 unspecified atom stereocenters. The molecule has 1 saturated carbocycles. The topological polar surface area (TPSA) is 98.7 Å². The Hall–Kier alpha value is -3.56. The average Bonchev–Trinajstić information content (AvgIpc) is 3.23. The molecule has 1 saturated heterocycles. The fourth-order valence-corrected chi connectivity index (χ4v) is 5.09. The number of imidazole rings is 1. The highest BCUT2D eigenvalue weighted by molar-refractivity contribution is 5.87. The zero-order chi connectivity index (χ0) is 23.4. The van der Waals surface area contributed by atoms with E-state index in [1.165, 1.54) is 6.08 Å². The Morgan fingerprint density at radius 3 is 2.67 bits per heavy atom. The third-order valence-electron chi connectivity index (χ3n) is 6.87. The van der Waals surface area contributed by atoms with Gasteiger partial charge >= 0.3 is 5.69 Å². The van der Waals surface area contributed by atoms with E-state index in [-0.39, 0.29) is 17.5 Å². The number of piperidine rings is 1. The number of hydrogen-bond acceptors (Lipinski definition) is 6. The van der Waals surface area contributed by atoms with Crippen LogP contribution in [0.1, 0.15) is 25.5 Å². The number of hydrogen-bond donors (Lipinski definition) is 1. The van der Waals surface area contributed by atoms with Gasteiger partial charge in [-0.25, -0.2) is 14.2 Å². The number of nitrogens with one attached hydrogen (secondary N) is 1. The quantitative estimate of drug-likeness (QED) is 0.552. The normalized spacial score (nSPS) is 21.5. The molecule has 10 heteroatoms. The van der Waals surface area contributed by atoms with Crippen molar-refractivity contribution in [1.29, 1.82) is 0 Å². The first kappa shape index (κ1) is 21.3. The number of nitrogens with zero attached hydrogens (tertiary/aromatic N) is 6. The maximum atomic E-state index is 13.5. The van der Waals surface area contributed by atoms with Crippen molar-refractivity contribution in [3.63, 3.8) is 0 Å². The van der Waals surface area contributed by atoms with Gasteiger partial charge in [-0.1, -0.05) is 20.4 Å². The highest BCUT2D eigenvalue weighted by atomic mass is 16.5. The van der Waals surface area contributed by atoms with Crippen LogP contribution in [0.25, 0.3) is 5.65 Å². The van der Waals surface area contributed by atoms with E-state index in [9.17, 15) is 9.59 Å². The number of methoxy groups -OCH3 is 1. The first-order valence-electron chi connectivity index (χ1n) is 11.2. The minimum absolute atomic E-state index is 0.0172. The van der Waals surface area contributed by atoms with E-state index >= 15 is 0 Å². The van der Waals surface area contributed by atoms with E-state index < -0.39 is 0 Å². The fourth-order valence-electron chi connectivity index (χ4n) is 5.09. The van der Waals surface area contributed by atoms with Crippen LogP contribution in [0, 0.1) is 17.8 Å². The molecule has 10 nitrogen and oxygen atoms in total. The number of rotatable bonds is 7. The predicted molar refractivity (Wildman–Crippen MR) is 124 cm³/mol. The fraction of sp³-hybridized carbons (Fsp3) is 0.478. The predicted octanol–water partition coefficient (Wildman–Crippen LogP) is 2.00. The molecule has 174 valence electrons. The van der Waals surface area contributed by atoms with Gasteiger partial charge in [0.05, 0.1) is 24.7 Å². The first-order valence-corrected chi connectivity index (χ1v) is 11.2. The largest absolute Gasteiger partial charge is 0.478 e. The second-order valence-corrected chi connectivity index (χ2v) is 9.26. The van der Waals surface area contributed by atoms with E-state index in [4.69, 9.17) is 4.74 Å². The molecule has 3 aromatic rings. The number of anilines is 2. The third kappa shape index (κ3) is 3.49. The summed E-state index contributed by atoms with van der Waals surface area (Å²) in [4.78, 5) is 31.8. The van der Waals surface area contributed by atoms with Crippen LogP contribution in [0.3, 0.4) is 0 Å². The van der Waals surface area contributed by atoms with E-state index in [1.54, 1.807) is 27.0 Å². The highest BCUT2D eigenvalue weighted by Gasteiger charge is 2.56. The standard InChI is InChI=1S/C23H29N7O3/c1-6-20(31)28-8-14-15(9-28)16(14)10-29-12-17(25-18-11-27(4)26-22(18)33-5)21-24-7-19(13(2)3)30(21)23(29)32/h6-7,11-16,25H,1,8-10H2,2-5H3. The Morgan fingerprint density at radius 2 is 2.03 bits per heavy atom. The monoisotopic (exact) mass is 451 g/mol. The number of carbonyl (C=O) groups excluding carboxylic acids is 1. The zero-order valence-corrected chi connectivity index (χ0v) is 19.4. The molecule has 2 atom stereocenters. The Bertz CT molecular complexity index is 1290. The van der Waals surface area contributed by atoms with Gasteiger partial charge in [0.2, 0.25) is 5.91 Å². The van der Waals surface area contributed by atoms with Gasteiger partial charge < -0.3 is 15.0 Å². The van der Waals surface area contributed by atoms with Crippen molar-refractivity contribution in [2.45, 2.75) is 26.3 Å². The number of fused-ring (bicyclic) bond motifs is 2. The van der Waals surface area contributed by atoms with Crippen molar-refractivity contribution in [3.8, 4) is 5.88 Å². The van der Waals surface area contributed by atoms with E-state index in [1.807, 2.05) is 38.2 Å². The van der Waals surface area contributed by atoms with Crippen LogP contribution >= 0.6 is 0 Å². The molecule has 2 fully saturated rings. The van der Waals surface area contributed by atoms with Gasteiger partial charge in [-0.2, -0.15) is 0 Å². The lowest BCUT2D eigenvalue weighted by molar-refractivity contribution is -0.125. The Balaban J connectivity index is 1.50. The number of amides is 1. The number of aryl methyl sites for hydroxylation is 1. The summed E-state index contributed by atoms with van der Waals surface area (Å²) in [5.74, 6) is 1.82. The van der Waals surface area contributed by atoms with Crippen molar-refractivity contribution in [1.82, 2.24) is 28.6 Å². The number of likely N-dealkylation sites (tertiary alicyclic amines) is 1. The zero-order valence-electron chi connectivity index (χ0n) is 19.4. The molecule has 33 heavy (non-hydrogen) atoms. The highest BCUT2D eigenvalue weighted by Crippen LogP contribution is 2.52. The van der Waals surface area contributed by atoms with E-state index in [2.05, 4.69) is 22.0 Å². The van der Waals surface area contributed by atoms with Crippen molar-refractivity contribution in [3.05, 3.63) is 47.4 Å². The average molecular weight is 452 g/mol. The van der Waals surface area contributed by atoms with Crippen molar-refractivity contribution in [2.24, 2.45) is 24.8 Å². The van der Waals surface area contributed by atoms with Gasteiger partial charge in [0.15, 0.2) is 5.65 Å². The van der Waals surface area contributed by atoms with Gasteiger partial charge in [0, 0.05) is 39.1 Å². The van der Waals surface area contributed by atoms with Crippen LogP contribution in [-0.2, 0) is 18.4 Å². The molecule has 5 rings (SSSR count). The smallest absolute Gasteiger partial charge is 0.334 e. The summed E-state index contributed by atoms with van der Waals surface area (Å²) in [6.45, 7) is 9.75. The number of aromatic nitrogens is 5. The molecule has 0 aromatic carbocycles. The van der Waals surface area contributed by atoms with Crippen molar-refractivity contribution in [2.75, 3.05) is 25.5 Å². The number of ether oxygens (including phenoxy) is 1. The third-order valence-corrected chi connectivity index (χ3v) is 6.87. The summed E-state index contributed by atoms with van der Waals surface area (Å²) in [6.07, 6.45) is 6.80. The molecule has 0 radical (unpaired) electrons. The molecule has 4 heterocycles.